The number of nitrogens with zero attached hydrogens (tertiary/aromatic N) is 4. The molecule has 0 radical (unpaired) electrons. The third-order valence-electron chi connectivity index (χ3n) is 6.75. The number of nitrogens with one attached hydrogen (secondary N) is 1. The van der Waals surface area contributed by atoms with Gasteiger partial charge in [-0.25, -0.2) is 4.68 Å². The first-order valence-corrected chi connectivity index (χ1v) is 12.6. The molecule has 1 N–H and O–H groups in total. The van der Waals surface area contributed by atoms with Crippen molar-refractivity contribution in [1.82, 2.24) is 14.7 Å². The summed E-state index contributed by atoms with van der Waals surface area (Å²) in [5.74, 6) is -0.360. The minimum Gasteiger partial charge on any atom is -0.494 e. The summed E-state index contributed by atoms with van der Waals surface area (Å²) in [5, 5.41) is 8.46. The maximum atomic E-state index is 14.2. The number of benzene rings is 2. The maximum Gasteiger partial charge on any atom is 0.280 e. The molecule has 3 aromatic rings. The molecule has 8 nitrogen and oxygen atoms in total. The van der Waals surface area contributed by atoms with Crippen LogP contribution in [0.3, 0.4) is 0 Å². The highest BCUT2D eigenvalue weighted by atomic mass is 35.5. The van der Waals surface area contributed by atoms with Crippen LogP contribution in [0.2, 0.25) is 5.02 Å². The van der Waals surface area contributed by atoms with Gasteiger partial charge in [0.25, 0.3) is 11.8 Å². The van der Waals surface area contributed by atoms with E-state index in [0.29, 0.717) is 44.7 Å². The van der Waals surface area contributed by atoms with Gasteiger partial charge < -0.3 is 10.1 Å². The van der Waals surface area contributed by atoms with E-state index in [-0.39, 0.29) is 16.6 Å². The van der Waals surface area contributed by atoms with Crippen molar-refractivity contribution in [3.8, 4) is 11.4 Å². The first kappa shape index (κ1) is 25.8. The molecule has 2 aromatic carbocycles. The Hall–Kier alpha value is -3.88. The number of ether oxygens (including phenoxy) is 1. The number of anilines is 1. The lowest BCUT2D eigenvalue weighted by Crippen LogP contribution is -2.49. The highest BCUT2D eigenvalue weighted by Crippen LogP contribution is 2.55. The van der Waals surface area contributed by atoms with E-state index in [1.807, 2.05) is 38.1 Å². The van der Waals surface area contributed by atoms with Gasteiger partial charge in [0, 0.05) is 33.7 Å². The summed E-state index contributed by atoms with van der Waals surface area (Å²) < 4.78 is 7.31. The number of rotatable bonds is 6. The summed E-state index contributed by atoms with van der Waals surface area (Å²) in [6, 6.07) is 12.6. The Labute approximate surface area is 230 Å². The van der Waals surface area contributed by atoms with Crippen LogP contribution in [0.1, 0.15) is 54.0 Å². The molecule has 0 saturated heterocycles. The summed E-state index contributed by atoms with van der Waals surface area (Å²) in [4.78, 5) is 33.5. The number of fused-ring (bicyclic) bond motifs is 4. The molecule has 0 aliphatic carbocycles. The number of hydrogen-bond donors (Lipinski definition) is 1. The van der Waals surface area contributed by atoms with Gasteiger partial charge >= 0.3 is 0 Å². The molecule has 10 heteroatoms. The van der Waals surface area contributed by atoms with Gasteiger partial charge in [-0.05, 0) is 49.9 Å². The van der Waals surface area contributed by atoms with Crippen LogP contribution >= 0.6 is 23.2 Å². The molecule has 3 heterocycles. The smallest absolute Gasteiger partial charge is 0.280 e. The lowest BCUT2D eigenvalue weighted by Gasteiger charge is -2.35. The molecule has 1 aromatic heterocycles. The Balaban J connectivity index is 1.89. The predicted octanol–water partition coefficient (Wildman–Crippen LogP) is 5.99. The molecule has 1 unspecified atom stereocenters. The average molecular weight is 550 g/mol. The molecule has 5 rings (SSSR count). The first-order valence-electron chi connectivity index (χ1n) is 11.9. The molecular formula is C28H25Cl2N5O3. The number of aromatic nitrogens is 2. The lowest BCUT2D eigenvalue weighted by molar-refractivity contribution is -0.122. The number of amides is 2. The summed E-state index contributed by atoms with van der Waals surface area (Å²) in [7, 11) is 1.58. The van der Waals surface area contributed by atoms with Crippen molar-refractivity contribution >= 4 is 47.4 Å². The van der Waals surface area contributed by atoms with E-state index >= 15 is 0 Å². The van der Waals surface area contributed by atoms with Crippen molar-refractivity contribution in [2.24, 2.45) is 4.99 Å². The first-order chi connectivity index (χ1) is 18.2. The van der Waals surface area contributed by atoms with Gasteiger partial charge in [0.1, 0.15) is 11.4 Å². The van der Waals surface area contributed by atoms with Crippen LogP contribution in [0.5, 0.6) is 5.75 Å². The van der Waals surface area contributed by atoms with E-state index in [4.69, 9.17) is 33.0 Å². The van der Waals surface area contributed by atoms with Crippen LogP contribution in [-0.4, -0.2) is 40.3 Å². The third-order valence-corrected chi connectivity index (χ3v) is 7.19. The standard InChI is InChI=1S/C28H25Cl2N5O3/c1-15(2)25-23-24(33-35(25)21-8-6-7-9-22(21)38-5)26(36)34(16(3)12-18(30)14-31-4)28(23)19-11-10-17(29)13-20(19)32-27(28)37/h6-15H,4H2,1-3,5H3,(H,32,37)/b16-12+,18-14+. The van der Waals surface area contributed by atoms with Crippen LogP contribution in [0.4, 0.5) is 5.69 Å². The Morgan fingerprint density at radius 3 is 2.66 bits per heavy atom. The second-order valence-electron chi connectivity index (χ2n) is 9.32. The van der Waals surface area contributed by atoms with Gasteiger partial charge in [0.2, 0.25) is 0 Å². The number of methoxy groups -OCH3 is 1. The molecule has 2 amide bonds. The van der Waals surface area contributed by atoms with E-state index in [1.54, 1.807) is 43.0 Å². The van der Waals surface area contributed by atoms with Gasteiger partial charge in [-0.1, -0.05) is 55.2 Å². The van der Waals surface area contributed by atoms with Crippen molar-refractivity contribution in [2.45, 2.75) is 32.2 Å². The molecular weight excluding hydrogens is 525 g/mol. The number of carbonyl (C=O) groups is 2. The quantitative estimate of drug-likeness (QED) is 0.302. The van der Waals surface area contributed by atoms with Crippen molar-refractivity contribution in [2.75, 3.05) is 12.4 Å². The summed E-state index contributed by atoms with van der Waals surface area (Å²) in [6.45, 7) is 9.14. The number of carbonyl (C=O) groups excluding carboxylic acids is 2. The number of para-hydroxylation sites is 2. The van der Waals surface area contributed by atoms with Crippen molar-refractivity contribution in [3.63, 3.8) is 0 Å². The zero-order valence-electron chi connectivity index (χ0n) is 21.3. The van der Waals surface area contributed by atoms with Crippen LogP contribution in [-0.2, 0) is 10.3 Å². The van der Waals surface area contributed by atoms with Crippen LogP contribution in [0.15, 0.2) is 70.5 Å². The number of aliphatic imine (C=N–C) groups is 1. The molecule has 1 atom stereocenters. The zero-order chi connectivity index (χ0) is 27.4. The molecule has 2 aliphatic rings. The predicted molar refractivity (Wildman–Crippen MR) is 148 cm³/mol. The molecule has 0 fully saturated rings. The van der Waals surface area contributed by atoms with Gasteiger partial charge in [-0.15, -0.1) is 0 Å². The average Bonchev–Trinajstić information content (AvgIpc) is 3.47. The summed E-state index contributed by atoms with van der Waals surface area (Å²) in [5.41, 5.74) is 2.07. The van der Waals surface area contributed by atoms with E-state index in [2.05, 4.69) is 17.0 Å². The second-order valence-corrected chi connectivity index (χ2v) is 10.2. The van der Waals surface area contributed by atoms with E-state index in [1.165, 1.54) is 11.1 Å². The van der Waals surface area contributed by atoms with Gasteiger partial charge in [0.05, 0.1) is 17.8 Å². The second kappa shape index (κ2) is 9.45. The Morgan fingerprint density at radius 1 is 1.24 bits per heavy atom. The maximum absolute atomic E-state index is 14.2. The molecule has 0 saturated carbocycles. The number of halogens is 2. The topological polar surface area (TPSA) is 88.8 Å². The Morgan fingerprint density at radius 2 is 1.97 bits per heavy atom. The Kier molecular flexibility index (Phi) is 6.41. The van der Waals surface area contributed by atoms with Crippen molar-refractivity contribution in [1.29, 1.82) is 0 Å². The minimum atomic E-state index is -1.54. The largest absolute Gasteiger partial charge is 0.494 e. The van der Waals surface area contributed by atoms with Gasteiger partial charge in [-0.2, -0.15) is 5.10 Å². The minimum absolute atomic E-state index is 0.123. The number of hydrogen-bond acceptors (Lipinski definition) is 5. The van der Waals surface area contributed by atoms with Crippen LogP contribution in [0, 0.1) is 0 Å². The van der Waals surface area contributed by atoms with E-state index < -0.39 is 17.4 Å². The highest BCUT2D eigenvalue weighted by molar-refractivity contribution is 6.31. The lowest BCUT2D eigenvalue weighted by atomic mass is 9.81. The number of allylic oxidation sites excluding steroid dienone is 3. The third kappa shape index (κ3) is 3.59. The fraction of sp³-hybridized carbons (Fsp3) is 0.214. The molecule has 0 bridgehead atoms. The molecule has 2 aliphatic heterocycles. The van der Waals surface area contributed by atoms with Crippen molar-refractivity contribution < 1.29 is 14.3 Å². The Bertz CT molecular complexity index is 1570. The SMILES string of the molecule is C=N/C=C(Cl)\C=C(/C)N1C(=O)c2nn(-c3ccccc3OC)c(C(C)C)c2C12C(=O)Nc1cc(Cl)ccc12. The zero-order valence-corrected chi connectivity index (χ0v) is 22.8. The molecule has 1 spiro atoms. The van der Waals surface area contributed by atoms with E-state index in [9.17, 15) is 9.59 Å². The summed E-state index contributed by atoms with van der Waals surface area (Å²) in [6.07, 6.45) is 2.94. The van der Waals surface area contributed by atoms with Gasteiger partial charge in [-0.3, -0.25) is 19.5 Å². The van der Waals surface area contributed by atoms with Gasteiger partial charge in [0.15, 0.2) is 11.2 Å². The molecule has 194 valence electrons. The molecule has 38 heavy (non-hydrogen) atoms. The van der Waals surface area contributed by atoms with E-state index in [0.717, 1.165) is 0 Å². The fourth-order valence-corrected chi connectivity index (χ4v) is 5.78. The van der Waals surface area contributed by atoms with Crippen molar-refractivity contribution in [3.05, 3.63) is 93.0 Å². The fourth-order valence-electron chi connectivity index (χ4n) is 5.38. The van der Waals surface area contributed by atoms with Crippen LogP contribution < -0.4 is 10.1 Å². The summed E-state index contributed by atoms with van der Waals surface area (Å²) >= 11 is 12.6. The highest BCUT2D eigenvalue weighted by Gasteiger charge is 2.63. The van der Waals surface area contributed by atoms with Crippen LogP contribution in [0.25, 0.3) is 5.69 Å². The normalized spacial score (nSPS) is 18.8. The monoisotopic (exact) mass is 549 g/mol.